The maximum absolute atomic E-state index is 12.9. The van der Waals surface area contributed by atoms with Gasteiger partial charge in [0.25, 0.3) is 0 Å². The van der Waals surface area contributed by atoms with Crippen molar-refractivity contribution in [3.8, 4) is 5.69 Å². The quantitative estimate of drug-likeness (QED) is 0.752. The molecule has 0 fully saturated rings. The highest BCUT2D eigenvalue weighted by Crippen LogP contribution is 2.16. The Labute approximate surface area is 87.7 Å². The Morgan fingerprint density at radius 2 is 1.92 bits per heavy atom. The van der Waals surface area contributed by atoms with Crippen LogP contribution in [-0.4, -0.2) is 15.0 Å². The number of halogens is 2. The summed E-state index contributed by atoms with van der Waals surface area (Å²) in [5, 5.41) is 7.85. The largest absolute Gasteiger partial charge is 0.207 e. The molecule has 0 unspecified atom stereocenters. The Hall–Kier alpha value is -0.980. The lowest BCUT2D eigenvalue weighted by Crippen LogP contribution is -2.01. The second-order valence-corrected chi connectivity index (χ2v) is 3.58. The third-order valence-electron chi connectivity index (χ3n) is 1.54. The zero-order chi connectivity index (χ0) is 9.26. The molecule has 2 rings (SSSR count). The van der Waals surface area contributed by atoms with E-state index >= 15 is 0 Å². The smallest absolute Gasteiger partial charge is 0.125 e. The van der Waals surface area contributed by atoms with Gasteiger partial charge in [-0.2, -0.15) is 15.0 Å². The molecule has 1 aromatic carbocycles. The van der Waals surface area contributed by atoms with Crippen molar-refractivity contribution in [3.05, 3.63) is 40.0 Å². The second kappa shape index (κ2) is 3.41. The highest BCUT2D eigenvalue weighted by molar-refractivity contribution is 14.1. The van der Waals surface area contributed by atoms with E-state index in [1.54, 1.807) is 18.5 Å². The van der Waals surface area contributed by atoms with Gasteiger partial charge >= 0.3 is 0 Å². The zero-order valence-corrected chi connectivity index (χ0v) is 8.64. The maximum atomic E-state index is 12.9. The third kappa shape index (κ3) is 1.69. The molecule has 0 saturated carbocycles. The van der Waals surface area contributed by atoms with Gasteiger partial charge in [0.2, 0.25) is 0 Å². The molecular weight excluding hydrogens is 284 g/mol. The molecule has 13 heavy (non-hydrogen) atoms. The molecule has 1 aromatic heterocycles. The molecule has 0 atom stereocenters. The van der Waals surface area contributed by atoms with Crippen LogP contribution in [0.25, 0.3) is 5.69 Å². The lowest BCUT2D eigenvalue weighted by Gasteiger charge is -2.01. The van der Waals surface area contributed by atoms with E-state index in [1.807, 2.05) is 0 Å². The van der Waals surface area contributed by atoms with Crippen molar-refractivity contribution in [3.63, 3.8) is 0 Å². The summed E-state index contributed by atoms with van der Waals surface area (Å²) in [5.74, 6) is -0.285. The van der Waals surface area contributed by atoms with Crippen LogP contribution in [0.3, 0.4) is 0 Å². The molecule has 0 aliphatic heterocycles. The van der Waals surface area contributed by atoms with Crippen LogP contribution in [-0.2, 0) is 0 Å². The average molecular weight is 289 g/mol. The van der Waals surface area contributed by atoms with Gasteiger partial charge in [0.05, 0.1) is 12.4 Å². The van der Waals surface area contributed by atoms with E-state index in [-0.39, 0.29) is 5.82 Å². The molecule has 0 N–H and O–H groups in total. The summed E-state index contributed by atoms with van der Waals surface area (Å²) in [5.41, 5.74) is 0.658. The lowest BCUT2D eigenvalue weighted by atomic mass is 10.3. The van der Waals surface area contributed by atoms with E-state index in [1.165, 1.54) is 16.9 Å². The fourth-order valence-electron chi connectivity index (χ4n) is 0.979. The Morgan fingerprint density at radius 3 is 2.62 bits per heavy atom. The van der Waals surface area contributed by atoms with E-state index in [0.29, 0.717) is 5.69 Å². The normalized spacial score (nSPS) is 10.3. The molecule has 1 heterocycles. The predicted octanol–water partition coefficient (Wildman–Crippen LogP) is 2.01. The molecule has 0 amide bonds. The molecular formula is C8H5FIN3. The van der Waals surface area contributed by atoms with Crippen molar-refractivity contribution in [1.82, 2.24) is 15.0 Å². The van der Waals surface area contributed by atoms with Crippen LogP contribution in [0.15, 0.2) is 30.6 Å². The highest BCUT2D eigenvalue weighted by Gasteiger charge is 2.04. The molecule has 0 radical (unpaired) electrons. The van der Waals surface area contributed by atoms with Crippen molar-refractivity contribution in [2.75, 3.05) is 0 Å². The van der Waals surface area contributed by atoms with Gasteiger partial charge in [-0.1, -0.05) is 0 Å². The topological polar surface area (TPSA) is 30.7 Å². The van der Waals surface area contributed by atoms with Gasteiger partial charge in [-0.3, -0.25) is 0 Å². The van der Waals surface area contributed by atoms with Crippen LogP contribution in [0, 0.1) is 9.39 Å². The first kappa shape index (κ1) is 8.61. The average Bonchev–Trinajstić information content (AvgIpc) is 2.61. The maximum Gasteiger partial charge on any atom is 0.125 e. The van der Waals surface area contributed by atoms with E-state index in [0.717, 1.165) is 3.57 Å². The summed E-state index contributed by atoms with van der Waals surface area (Å²) >= 11 is 2.11. The van der Waals surface area contributed by atoms with Crippen molar-refractivity contribution in [1.29, 1.82) is 0 Å². The number of benzene rings is 1. The van der Waals surface area contributed by atoms with Gasteiger partial charge in [0.1, 0.15) is 11.5 Å². The summed E-state index contributed by atoms with van der Waals surface area (Å²) < 4.78 is 13.8. The lowest BCUT2D eigenvalue weighted by molar-refractivity contribution is 0.621. The Kier molecular flexibility index (Phi) is 2.26. The molecule has 0 saturated heterocycles. The SMILES string of the molecule is Fc1ccc(I)c(-n2nccn2)c1. The molecule has 3 nitrogen and oxygen atoms in total. The van der Waals surface area contributed by atoms with Crippen LogP contribution in [0.5, 0.6) is 0 Å². The fourth-order valence-corrected chi connectivity index (χ4v) is 1.53. The molecule has 0 aliphatic carbocycles. The summed E-state index contributed by atoms with van der Waals surface area (Å²) in [7, 11) is 0. The first-order chi connectivity index (χ1) is 6.27. The number of nitrogens with zero attached hydrogens (tertiary/aromatic N) is 3. The first-order valence-corrected chi connectivity index (χ1v) is 4.67. The number of aromatic nitrogens is 3. The van der Waals surface area contributed by atoms with E-state index in [4.69, 9.17) is 0 Å². The molecule has 66 valence electrons. The van der Waals surface area contributed by atoms with Crippen molar-refractivity contribution in [2.45, 2.75) is 0 Å². The van der Waals surface area contributed by atoms with Crippen molar-refractivity contribution < 1.29 is 4.39 Å². The summed E-state index contributed by atoms with van der Waals surface area (Å²) in [6.45, 7) is 0. The van der Waals surface area contributed by atoms with Gasteiger partial charge < -0.3 is 0 Å². The number of hydrogen-bond donors (Lipinski definition) is 0. The predicted molar refractivity (Wildman–Crippen MR) is 54.0 cm³/mol. The van der Waals surface area contributed by atoms with Gasteiger partial charge in [-0.25, -0.2) is 4.39 Å². The van der Waals surface area contributed by atoms with Crippen LogP contribution >= 0.6 is 22.6 Å². The van der Waals surface area contributed by atoms with Crippen LogP contribution in [0.4, 0.5) is 4.39 Å². The minimum atomic E-state index is -0.285. The Bertz CT molecular complexity index is 413. The van der Waals surface area contributed by atoms with E-state index in [2.05, 4.69) is 32.8 Å². The van der Waals surface area contributed by atoms with Crippen molar-refractivity contribution in [2.24, 2.45) is 0 Å². The third-order valence-corrected chi connectivity index (χ3v) is 2.45. The molecule has 2 aromatic rings. The van der Waals surface area contributed by atoms with E-state index < -0.39 is 0 Å². The van der Waals surface area contributed by atoms with Crippen LogP contribution in [0.2, 0.25) is 0 Å². The monoisotopic (exact) mass is 289 g/mol. The molecule has 5 heteroatoms. The van der Waals surface area contributed by atoms with Crippen molar-refractivity contribution >= 4 is 22.6 Å². The minimum Gasteiger partial charge on any atom is -0.207 e. The highest BCUT2D eigenvalue weighted by atomic mass is 127. The first-order valence-electron chi connectivity index (χ1n) is 3.59. The summed E-state index contributed by atoms with van der Waals surface area (Å²) in [6.07, 6.45) is 3.11. The number of rotatable bonds is 1. The standard InChI is InChI=1S/C8H5FIN3/c9-6-1-2-7(10)8(5-6)13-11-3-4-12-13/h1-5H. The van der Waals surface area contributed by atoms with Crippen LogP contribution < -0.4 is 0 Å². The Balaban J connectivity index is 2.57. The van der Waals surface area contributed by atoms with Gasteiger partial charge in [0.15, 0.2) is 0 Å². The van der Waals surface area contributed by atoms with Gasteiger partial charge in [0, 0.05) is 9.64 Å². The van der Waals surface area contributed by atoms with E-state index in [9.17, 15) is 4.39 Å². The molecule has 0 aliphatic rings. The molecule has 0 spiro atoms. The summed E-state index contributed by atoms with van der Waals surface area (Å²) in [4.78, 5) is 1.39. The van der Waals surface area contributed by atoms with Crippen LogP contribution in [0.1, 0.15) is 0 Å². The van der Waals surface area contributed by atoms with Gasteiger partial charge in [-0.05, 0) is 34.7 Å². The van der Waals surface area contributed by atoms with Gasteiger partial charge in [-0.15, -0.1) is 0 Å². The Morgan fingerprint density at radius 1 is 1.23 bits per heavy atom. The molecule has 0 bridgehead atoms. The second-order valence-electron chi connectivity index (χ2n) is 2.41. The zero-order valence-electron chi connectivity index (χ0n) is 6.48. The minimum absolute atomic E-state index is 0.285. The summed E-state index contributed by atoms with van der Waals surface area (Å²) in [6, 6.07) is 4.51. The fraction of sp³-hybridized carbons (Fsp3) is 0. The number of hydrogen-bond acceptors (Lipinski definition) is 2.